The number of rotatable bonds is 11. The third-order valence-electron chi connectivity index (χ3n) is 4.53. The van der Waals surface area contributed by atoms with Gasteiger partial charge in [-0.05, 0) is 30.4 Å². The van der Waals surface area contributed by atoms with Crippen LogP contribution in [0.1, 0.15) is 51.4 Å². The number of nitrogens with zero attached hydrogens (tertiary/aromatic N) is 2. The van der Waals surface area contributed by atoms with Crippen LogP contribution in [0, 0.1) is 0 Å². The summed E-state index contributed by atoms with van der Waals surface area (Å²) in [7, 11) is 2.05. The molecule has 0 aliphatic rings. The summed E-state index contributed by atoms with van der Waals surface area (Å²) in [5.74, 6) is 0. The summed E-state index contributed by atoms with van der Waals surface area (Å²) in [4.78, 5) is 0. The van der Waals surface area contributed by atoms with Gasteiger partial charge in [-0.15, -0.1) is 6.58 Å². The fraction of sp³-hybridized carbons (Fsp3) is 0.455. The highest BCUT2D eigenvalue weighted by atomic mass is 14.9. The first kappa shape index (κ1) is 18.4. The number of unbranched alkanes of at least 4 members (excludes halogenated alkanes) is 7. The zero-order valence-electron chi connectivity index (χ0n) is 15.2. The van der Waals surface area contributed by atoms with E-state index in [1.54, 1.807) is 0 Å². The second-order valence-corrected chi connectivity index (χ2v) is 6.63. The molecule has 0 radical (unpaired) electrons. The molecule has 0 aromatic carbocycles. The van der Waals surface area contributed by atoms with Crippen molar-refractivity contribution in [1.82, 2.24) is 0 Å². The van der Waals surface area contributed by atoms with Crippen molar-refractivity contribution in [2.24, 2.45) is 7.05 Å². The van der Waals surface area contributed by atoms with Gasteiger partial charge in [0, 0.05) is 30.7 Å². The van der Waals surface area contributed by atoms with Gasteiger partial charge in [0.2, 0.25) is 0 Å². The predicted octanol–water partition coefficient (Wildman–Crippen LogP) is 4.77. The van der Waals surface area contributed by atoms with Crippen molar-refractivity contribution in [2.75, 3.05) is 0 Å². The van der Waals surface area contributed by atoms with Crippen LogP contribution in [0.25, 0.3) is 11.1 Å². The quantitative estimate of drug-likeness (QED) is 0.319. The van der Waals surface area contributed by atoms with Crippen molar-refractivity contribution in [1.29, 1.82) is 0 Å². The minimum Gasteiger partial charge on any atom is -0.208 e. The normalized spacial score (nSPS) is 10.7. The average molecular weight is 325 g/mol. The van der Waals surface area contributed by atoms with Crippen LogP contribution in [0.4, 0.5) is 0 Å². The molecular weight excluding hydrogens is 292 g/mol. The Labute approximate surface area is 147 Å². The van der Waals surface area contributed by atoms with E-state index >= 15 is 0 Å². The molecule has 2 rings (SSSR count). The highest BCUT2D eigenvalue weighted by molar-refractivity contribution is 5.60. The molecule has 2 heterocycles. The molecule has 0 spiro atoms. The number of hydrogen-bond acceptors (Lipinski definition) is 0. The van der Waals surface area contributed by atoms with E-state index in [1.165, 1.54) is 62.5 Å². The van der Waals surface area contributed by atoms with Gasteiger partial charge >= 0.3 is 0 Å². The van der Waals surface area contributed by atoms with Gasteiger partial charge in [0.15, 0.2) is 24.8 Å². The SMILES string of the molecule is C=CCCCCCCCCC[n+]1ccc(-c2cc[n+](C)cc2)cc1. The average Bonchev–Trinajstić information content (AvgIpc) is 2.62. The lowest BCUT2D eigenvalue weighted by Gasteiger charge is -2.02. The molecule has 2 nitrogen and oxygen atoms in total. The van der Waals surface area contributed by atoms with E-state index in [9.17, 15) is 0 Å². The van der Waals surface area contributed by atoms with Gasteiger partial charge in [0.25, 0.3) is 0 Å². The molecule has 0 aliphatic carbocycles. The highest BCUT2D eigenvalue weighted by Gasteiger charge is 2.04. The minimum atomic E-state index is 1.13. The maximum atomic E-state index is 3.77. The molecule has 0 fully saturated rings. The van der Waals surface area contributed by atoms with E-state index in [0.29, 0.717) is 0 Å². The summed E-state index contributed by atoms with van der Waals surface area (Å²) < 4.78 is 4.36. The Bertz CT molecular complexity index is 584. The van der Waals surface area contributed by atoms with E-state index in [2.05, 4.69) is 64.8 Å². The fourth-order valence-corrected chi connectivity index (χ4v) is 2.96. The lowest BCUT2D eigenvalue weighted by molar-refractivity contribution is -0.697. The number of aromatic nitrogens is 2. The van der Waals surface area contributed by atoms with Crippen LogP contribution in [0.2, 0.25) is 0 Å². The van der Waals surface area contributed by atoms with Gasteiger partial charge in [0.1, 0.15) is 13.6 Å². The van der Waals surface area contributed by atoms with Gasteiger partial charge in [-0.1, -0.05) is 31.8 Å². The lowest BCUT2D eigenvalue weighted by atomic mass is 10.1. The summed E-state index contributed by atoms with van der Waals surface area (Å²) in [5.41, 5.74) is 2.56. The van der Waals surface area contributed by atoms with Gasteiger partial charge in [-0.3, -0.25) is 0 Å². The molecule has 0 amide bonds. The Morgan fingerprint density at radius 2 is 1.25 bits per heavy atom. The number of hydrogen-bond donors (Lipinski definition) is 0. The summed E-state index contributed by atoms with van der Waals surface area (Å²) >= 11 is 0. The summed E-state index contributed by atoms with van der Waals surface area (Å²) in [6.07, 6.45) is 21.2. The van der Waals surface area contributed by atoms with E-state index in [1.807, 2.05) is 13.1 Å². The minimum absolute atomic E-state index is 1.13. The Kier molecular flexibility index (Phi) is 8.23. The van der Waals surface area contributed by atoms with Crippen LogP contribution in [-0.2, 0) is 13.6 Å². The number of aryl methyl sites for hydroxylation is 2. The summed E-state index contributed by atoms with van der Waals surface area (Å²) in [6, 6.07) is 8.76. The third kappa shape index (κ3) is 6.66. The second-order valence-electron chi connectivity index (χ2n) is 6.63. The topological polar surface area (TPSA) is 7.76 Å². The van der Waals surface area contributed by atoms with Crippen LogP contribution in [0.5, 0.6) is 0 Å². The molecule has 0 saturated heterocycles. The zero-order chi connectivity index (χ0) is 17.0. The molecule has 0 atom stereocenters. The third-order valence-corrected chi connectivity index (χ3v) is 4.53. The Morgan fingerprint density at radius 3 is 1.83 bits per heavy atom. The van der Waals surface area contributed by atoms with Crippen LogP contribution in [-0.4, -0.2) is 0 Å². The Balaban J connectivity index is 1.63. The number of pyridine rings is 2. The standard InChI is InChI=1S/C22H32N2/c1-3-4-5-6-7-8-9-10-11-16-24-19-14-22(15-20-24)21-12-17-23(2)18-13-21/h3,12-15,17-20H,1,4-11,16H2,2H3/q+2. The van der Waals surface area contributed by atoms with Crippen molar-refractivity contribution in [3.05, 3.63) is 61.7 Å². The van der Waals surface area contributed by atoms with Gasteiger partial charge in [-0.2, -0.15) is 0 Å². The van der Waals surface area contributed by atoms with Crippen molar-refractivity contribution in [2.45, 2.75) is 57.9 Å². The lowest BCUT2D eigenvalue weighted by Crippen LogP contribution is -2.32. The van der Waals surface area contributed by atoms with Crippen molar-refractivity contribution in [3.8, 4) is 11.1 Å². The maximum Gasteiger partial charge on any atom is 0.169 e. The van der Waals surface area contributed by atoms with E-state index in [0.717, 1.165) is 6.54 Å². The summed E-state index contributed by atoms with van der Waals surface area (Å²) in [6.45, 7) is 4.90. The Morgan fingerprint density at radius 1 is 0.750 bits per heavy atom. The first-order valence-corrected chi connectivity index (χ1v) is 9.35. The molecule has 24 heavy (non-hydrogen) atoms. The van der Waals surface area contributed by atoms with Crippen LogP contribution >= 0.6 is 0 Å². The van der Waals surface area contributed by atoms with E-state index < -0.39 is 0 Å². The largest absolute Gasteiger partial charge is 0.208 e. The van der Waals surface area contributed by atoms with E-state index in [-0.39, 0.29) is 0 Å². The van der Waals surface area contributed by atoms with E-state index in [4.69, 9.17) is 0 Å². The smallest absolute Gasteiger partial charge is 0.169 e. The maximum absolute atomic E-state index is 3.77. The molecule has 0 aliphatic heterocycles. The molecule has 0 N–H and O–H groups in total. The molecular formula is C22H32N2+2. The molecule has 128 valence electrons. The van der Waals surface area contributed by atoms with Gasteiger partial charge in [-0.25, -0.2) is 9.13 Å². The number of allylic oxidation sites excluding steroid dienone is 1. The van der Waals surface area contributed by atoms with Crippen molar-refractivity contribution >= 4 is 0 Å². The molecule has 2 aromatic rings. The molecule has 0 bridgehead atoms. The Hall–Kier alpha value is -1.96. The monoisotopic (exact) mass is 324 g/mol. The molecule has 0 saturated carbocycles. The fourth-order valence-electron chi connectivity index (χ4n) is 2.96. The van der Waals surface area contributed by atoms with Crippen molar-refractivity contribution in [3.63, 3.8) is 0 Å². The first-order valence-electron chi connectivity index (χ1n) is 9.35. The summed E-state index contributed by atoms with van der Waals surface area (Å²) in [5, 5.41) is 0. The first-order chi connectivity index (χ1) is 11.8. The predicted molar refractivity (Wildman–Crippen MR) is 100 cm³/mol. The van der Waals surface area contributed by atoms with Crippen LogP contribution < -0.4 is 9.13 Å². The van der Waals surface area contributed by atoms with Crippen molar-refractivity contribution < 1.29 is 9.13 Å². The van der Waals surface area contributed by atoms with Gasteiger partial charge in [0.05, 0.1) is 0 Å². The zero-order valence-corrected chi connectivity index (χ0v) is 15.2. The highest BCUT2D eigenvalue weighted by Crippen LogP contribution is 2.15. The molecule has 2 aromatic heterocycles. The second kappa shape index (κ2) is 10.7. The molecule has 2 heteroatoms. The van der Waals surface area contributed by atoms with Crippen LogP contribution in [0.3, 0.4) is 0 Å². The molecule has 0 unspecified atom stereocenters. The van der Waals surface area contributed by atoms with Crippen LogP contribution in [0.15, 0.2) is 61.7 Å². The van der Waals surface area contributed by atoms with Gasteiger partial charge < -0.3 is 0 Å².